The summed E-state index contributed by atoms with van der Waals surface area (Å²) in [7, 11) is 1.81. The van der Waals surface area contributed by atoms with Crippen molar-refractivity contribution in [3.8, 4) is 22.6 Å². The van der Waals surface area contributed by atoms with Crippen LogP contribution < -0.4 is 0 Å². The van der Waals surface area contributed by atoms with Crippen LogP contribution in [0.2, 0.25) is 0 Å². The van der Waals surface area contributed by atoms with Crippen molar-refractivity contribution in [3.05, 3.63) is 77.6 Å². The highest BCUT2D eigenvalue weighted by Gasteiger charge is 2.46. The number of aromatic hydroxyl groups is 1. The summed E-state index contributed by atoms with van der Waals surface area (Å²) in [6, 6.07) is 11.7. The average Bonchev–Trinajstić information content (AvgIpc) is 3.26. The Morgan fingerprint density at radius 2 is 2.06 bits per heavy atom. The highest BCUT2D eigenvalue weighted by Crippen LogP contribution is 2.55. The van der Waals surface area contributed by atoms with Crippen LogP contribution in [0, 0.1) is 5.82 Å². The number of halogens is 1. The van der Waals surface area contributed by atoms with Crippen LogP contribution in [0.25, 0.3) is 16.8 Å². The number of aryl methyl sites for hydroxylation is 1. The Balaban J connectivity index is 1.58. The van der Waals surface area contributed by atoms with Gasteiger partial charge in [0.25, 0.3) is 0 Å². The van der Waals surface area contributed by atoms with Crippen LogP contribution >= 0.6 is 0 Å². The van der Waals surface area contributed by atoms with Crippen molar-refractivity contribution in [1.82, 2.24) is 24.8 Å². The van der Waals surface area contributed by atoms with Crippen molar-refractivity contribution in [2.75, 3.05) is 6.61 Å². The van der Waals surface area contributed by atoms with E-state index in [0.29, 0.717) is 16.8 Å². The highest BCUT2D eigenvalue weighted by molar-refractivity contribution is 5.91. The Hall–Kier alpha value is -4.01. The molecule has 2 aromatic carbocycles. The number of rotatable bonds is 6. The zero-order valence-corrected chi connectivity index (χ0v) is 18.1. The van der Waals surface area contributed by atoms with Gasteiger partial charge in [-0.05, 0) is 37.1 Å². The van der Waals surface area contributed by atoms with E-state index in [-0.39, 0.29) is 24.0 Å². The van der Waals surface area contributed by atoms with E-state index in [0.717, 1.165) is 17.8 Å². The van der Waals surface area contributed by atoms with E-state index in [2.05, 4.69) is 15.4 Å². The predicted molar refractivity (Wildman–Crippen MR) is 118 cm³/mol. The molecule has 2 aromatic heterocycles. The molecule has 1 saturated carbocycles. The standard InChI is InChI=1S/C24H22FN5O3/c1-3-33-24(32)19-12-26-30(23(19)18-11-17(18)20-13-29(2)28-27-20)15-7-4-6-14(10-15)16-8-5-9-21(31)22(16)25/h4-10,12-13,17-18,31H,3,11H2,1-2H3. The summed E-state index contributed by atoms with van der Waals surface area (Å²) in [5.41, 5.74) is 3.53. The monoisotopic (exact) mass is 447 g/mol. The number of carbonyl (C=O) groups is 1. The van der Waals surface area contributed by atoms with Gasteiger partial charge in [-0.1, -0.05) is 29.5 Å². The molecule has 0 amide bonds. The fraction of sp³-hybridized carbons (Fsp3) is 0.250. The van der Waals surface area contributed by atoms with Gasteiger partial charge < -0.3 is 9.84 Å². The van der Waals surface area contributed by atoms with Gasteiger partial charge >= 0.3 is 5.97 Å². The van der Waals surface area contributed by atoms with Crippen molar-refractivity contribution in [2.24, 2.45) is 7.05 Å². The fourth-order valence-electron chi connectivity index (χ4n) is 4.19. The molecule has 8 nitrogen and oxygen atoms in total. The number of carbonyl (C=O) groups excluding carboxylic acids is 1. The molecular weight excluding hydrogens is 425 g/mol. The van der Waals surface area contributed by atoms with Crippen molar-refractivity contribution in [2.45, 2.75) is 25.2 Å². The molecule has 0 aliphatic heterocycles. The molecule has 0 saturated heterocycles. The van der Waals surface area contributed by atoms with E-state index in [9.17, 15) is 14.3 Å². The molecular formula is C24H22FN5O3. The summed E-state index contributed by atoms with van der Waals surface area (Å²) >= 11 is 0. The molecule has 2 atom stereocenters. The lowest BCUT2D eigenvalue weighted by Gasteiger charge is -2.12. The first kappa shape index (κ1) is 20.9. The first-order chi connectivity index (χ1) is 16.0. The molecule has 1 N–H and O–H groups in total. The molecule has 1 fully saturated rings. The Labute approximate surface area is 189 Å². The molecule has 168 valence electrons. The van der Waals surface area contributed by atoms with Crippen LogP contribution in [0.4, 0.5) is 4.39 Å². The largest absolute Gasteiger partial charge is 0.505 e. The SMILES string of the molecule is CCOC(=O)c1cnn(-c2cccc(-c3cccc(O)c3F)c2)c1C1CC1c1cn(C)nn1. The van der Waals surface area contributed by atoms with Crippen LogP contribution in [0.3, 0.4) is 0 Å². The molecule has 9 heteroatoms. The van der Waals surface area contributed by atoms with Gasteiger partial charge in [-0.25, -0.2) is 13.9 Å². The van der Waals surface area contributed by atoms with Gasteiger partial charge in [0.05, 0.1) is 29.9 Å². The number of benzene rings is 2. The normalized spacial score (nSPS) is 17.2. The molecule has 2 unspecified atom stereocenters. The second-order valence-electron chi connectivity index (χ2n) is 8.03. The maximum Gasteiger partial charge on any atom is 0.341 e. The number of phenolic OH excluding ortho intramolecular Hbond substituents is 1. The van der Waals surface area contributed by atoms with Crippen LogP contribution in [-0.2, 0) is 11.8 Å². The maximum atomic E-state index is 14.5. The number of nitrogens with zero attached hydrogens (tertiary/aromatic N) is 5. The lowest BCUT2D eigenvalue weighted by molar-refractivity contribution is 0.0525. The Morgan fingerprint density at radius 3 is 2.82 bits per heavy atom. The minimum absolute atomic E-state index is 0.0183. The zero-order valence-electron chi connectivity index (χ0n) is 18.1. The average molecular weight is 447 g/mol. The lowest BCUT2D eigenvalue weighted by Crippen LogP contribution is -2.09. The Kier molecular flexibility index (Phi) is 5.16. The third kappa shape index (κ3) is 3.75. The van der Waals surface area contributed by atoms with Crippen molar-refractivity contribution >= 4 is 5.97 Å². The molecule has 1 aliphatic carbocycles. The van der Waals surface area contributed by atoms with Crippen molar-refractivity contribution in [3.63, 3.8) is 0 Å². The van der Waals surface area contributed by atoms with Crippen LogP contribution in [0.1, 0.15) is 46.9 Å². The van der Waals surface area contributed by atoms with E-state index in [1.807, 2.05) is 19.3 Å². The van der Waals surface area contributed by atoms with E-state index in [4.69, 9.17) is 4.74 Å². The van der Waals surface area contributed by atoms with Crippen molar-refractivity contribution < 1.29 is 19.0 Å². The predicted octanol–water partition coefficient (Wildman–Crippen LogP) is 3.96. The fourth-order valence-corrected chi connectivity index (χ4v) is 4.19. The minimum Gasteiger partial charge on any atom is -0.505 e. The van der Waals surface area contributed by atoms with Gasteiger partial charge in [-0.15, -0.1) is 5.10 Å². The lowest BCUT2D eigenvalue weighted by atomic mass is 10.0. The number of ether oxygens (including phenoxy) is 1. The van der Waals surface area contributed by atoms with Crippen LogP contribution in [-0.4, -0.2) is 42.5 Å². The summed E-state index contributed by atoms with van der Waals surface area (Å²) in [5, 5.41) is 22.5. The molecule has 2 heterocycles. The molecule has 0 bridgehead atoms. The number of hydrogen-bond donors (Lipinski definition) is 1. The summed E-state index contributed by atoms with van der Waals surface area (Å²) in [6.45, 7) is 2.02. The quantitative estimate of drug-likeness (QED) is 0.450. The Morgan fingerprint density at radius 1 is 1.24 bits per heavy atom. The molecule has 0 spiro atoms. The van der Waals surface area contributed by atoms with Gasteiger partial charge in [0.1, 0.15) is 5.56 Å². The molecule has 33 heavy (non-hydrogen) atoms. The van der Waals surface area contributed by atoms with Crippen LogP contribution in [0.15, 0.2) is 54.9 Å². The summed E-state index contributed by atoms with van der Waals surface area (Å²) in [4.78, 5) is 12.7. The highest BCUT2D eigenvalue weighted by atomic mass is 19.1. The third-order valence-corrected chi connectivity index (χ3v) is 5.82. The number of esters is 1. The molecule has 0 radical (unpaired) electrons. The topological polar surface area (TPSA) is 95.1 Å². The Bertz CT molecular complexity index is 1350. The van der Waals surface area contributed by atoms with Crippen molar-refractivity contribution in [1.29, 1.82) is 0 Å². The van der Waals surface area contributed by atoms with Gasteiger partial charge in [0.15, 0.2) is 11.6 Å². The summed E-state index contributed by atoms with van der Waals surface area (Å²) in [6.07, 6.45) is 4.19. The smallest absolute Gasteiger partial charge is 0.341 e. The number of aromatic nitrogens is 5. The first-order valence-electron chi connectivity index (χ1n) is 10.7. The van der Waals surface area contributed by atoms with E-state index < -0.39 is 17.5 Å². The van der Waals surface area contributed by atoms with Gasteiger partial charge in [-0.3, -0.25) is 4.68 Å². The molecule has 1 aliphatic rings. The van der Waals surface area contributed by atoms with Gasteiger partial charge in [-0.2, -0.15) is 5.10 Å². The maximum absolute atomic E-state index is 14.5. The number of phenols is 1. The molecule has 4 aromatic rings. The second-order valence-corrected chi connectivity index (χ2v) is 8.03. The summed E-state index contributed by atoms with van der Waals surface area (Å²) < 4.78 is 23.1. The van der Waals surface area contributed by atoms with E-state index in [1.54, 1.807) is 46.6 Å². The van der Waals surface area contributed by atoms with E-state index in [1.165, 1.54) is 12.3 Å². The third-order valence-electron chi connectivity index (χ3n) is 5.82. The molecule has 5 rings (SSSR count). The van der Waals surface area contributed by atoms with Gasteiger partial charge in [0.2, 0.25) is 0 Å². The van der Waals surface area contributed by atoms with Crippen LogP contribution in [0.5, 0.6) is 5.75 Å². The first-order valence-corrected chi connectivity index (χ1v) is 10.7. The summed E-state index contributed by atoms with van der Waals surface area (Å²) in [5.74, 6) is -1.39. The number of hydrogen-bond acceptors (Lipinski definition) is 6. The van der Waals surface area contributed by atoms with Gasteiger partial charge in [0, 0.05) is 30.6 Å². The second kappa shape index (κ2) is 8.16. The zero-order chi connectivity index (χ0) is 23.1. The minimum atomic E-state index is -0.688. The van der Waals surface area contributed by atoms with E-state index >= 15 is 0 Å².